The molecule has 1 aliphatic carbocycles. The molecule has 2 aromatic carbocycles. The molecule has 160 valence electrons. The molecule has 1 saturated carbocycles. The van der Waals surface area contributed by atoms with Gasteiger partial charge in [-0.1, -0.05) is 36.6 Å². The first-order valence-electron chi connectivity index (χ1n) is 10.4. The van der Waals surface area contributed by atoms with E-state index < -0.39 is 0 Å². The third-order valence-electron chi connectivity index (χ3n) is 5.90. The largest absolute Gasteiger partial charge is 0.454 e. The fourth-order valence-electron chi connectivity index (χ4n) is 4.27. The van der Waals surface area contributed by atoms with E-state index in [1.807, 2.05) is 24.3 Å². The van der Waals surface area contributed by atoms with Crippen LogP contribution in [-0.4, -0.2) is 28.7 Å². The minimum atomic E-state index is -0.259. The maximum atomic E-state index is 13.2. The number of nitrogens with one attached hydrogen (secondary N) is 2. The van der Waals surface area contributed by atoms with Crippen molar-refractivity contribution >= 4 is 34.2 Å². The van der Waals surface area contributed by atoms with Crippen LogP contribution in [0, 0.1) is 0 Å². The van der Waals surface area contributed by atoms with Crippen LogP contribution in [0.2, 0.25) is 5.02 Å². The summed E-state index contributed by atoms with van der Waals surface area (Å²) in [5.74, 6) is 1.26. The minimum Gasteiger partial charge on any atom is -0.454 e. The second-order valence-corrected chi connectivity index (χ2v) is 8.30. The van der Waals surface area contributed by atoms with Crippen molar-refractivity contribution in [1.29, 1.82) is 0 Å². The molecule has 31 heavy (non-hydrogen) atoms. The molecule has 3 aromatic rings. The normalized spacial score (nSPS) is 15.4. The molecule has 0 atom stereocenters. The predicted molar refractivity (Wildman–Crippen MR) is 119 cm³/mol. The quantitative estimate of drug-likeness (QED) is 0.606. The van der Waals surface area contributed by atoms with E-state index in [1.54, 1.807) is 23.1 Å². The Morgan fingerprint density at radius 2 is 1.87 bits per heavy atom. The van der Waals surface area contributed by atoms with Gasteiger partial charge >= 0.3 is 6.03 Å². The molecule has 2 N–H and O–H groups in total. The number of aromatic nitrogens is 1. The summed E-state index contributed by atoms with van der Waals surface area (Å²) in [6, 6.07) is 12.4. The third kappa shape index (κ3) is 3.93. The zero-order chi connectivity index (χ0) is 21.4. The van der Waals surface area contributed by atoms with Crippen LogP contribution in [0.4, 0.5) is 10.5 Å². The number of carbonyl (C=O) groups is 1. The van der Waals surface area contributed by atoms with Crippen LogP contribution in [0.1, 0.15) is 31.2 Å². The zero-order valence-electron chi connectivity index (χ0n) is 16.8. The van der Waals surface area contributed by atoms with Crippen molar-refractivity contribution in [1.82, 2.24) is 9.88 Å². The number of hydrogen-bond donors (Lipinski definition) is 2. The average Bonchev–Trinajstić information content (AvgIpc) is 3.44. The summed E-state index contributed by atoms with van der Waals surface area (Å²) in [4.78, 5) is 30.7. The van der Waals surface area contributed by atoms with Gasteiger partial charge in [0.2, 0.25) is 6.79 Å². The highest BCUT2D eigenvalue weighted by atomic mass is 35.5. The van der Waals surface area contributed by atoms with Crippen LogP contribution >= 0.6 is 11.6 Å². The van der Waals surface area contributed by atoms with Crippen molar-refractivity contribution in [3.8, 4) is 11.5 Å². The van der Waals surface area contributed by atoms with Crippen LogP contribution in [-0.2, 0) is 6.54 Å². The lowest BCUT2D eigenvalue weighted by molar-refractivity contribution is 0.174. The number of rotatable bonds is 4. The van der Waals surface area contributed by atoms with Crippen molar-refractivity contribution in [2.45, 2.75) is 38.3 Å². The Hall–Kier alpha value is -3.19. The number of ether oxygens (including phenoxy) is 2. The van der Waals surface area contributed by atoms with Crippen LogP contribution in [0.5, 0.6) is 11.5 Å². The van der Waals surface area contributed by atoms with Crippen LogP contribution in [0.3, 0.4) is 0 Å². The van der Waals surface area contributed by atoms with E-state index in [1.165, 1.54) is 0 Å². The van der Waals surface area contributed by atoms with E-state index in [0.29, 0.717) is 33.3 Å². The Balaban J connectivity index is 1.46. The van der Waals surface area contributed by atoms with Crippen LogP contribution in [0.15, 0.2) is 47.3 Å². The Kier molecular flexibility index (Phi) is 5.19. The number of benzene rings is 2. The van der Waals surface area contributed by atoms with Crippen LogP contribution in [0.25, 0.3) is 10.9 Å². The number of hydrogen-bond acceptors (Lipinski definition) is 4. The smallest absolute Gasteiger partial charge is 0.322 e. The fourth-order valence-corrected chi connectivity index (χ4v) is 4.46. The van der Waals surface area contributed by atoms with Gasteiger partial charge in [-0.05, 0) is 37.1 Å². The molecule has 7 nitrogen and oxygen atoms in total. The molecule has 0 spiro atoms. The van der Waals surface area contributed by atoms with Crippen molar-refractivity contribution in [2.24, 2.45) is 0 Å². The summed E-state index contributed by atoms with van der Waals surface area (Å²) in [5, 5.41) is 4.21. The van der Waals surface area contributed by atoms with Crippen molar-refractivity contribution < 1.29 is 14.3 Å². The number of fused-ring (bicyclic) bond motifs is 2. The van der Waals surface area contributed by atoms with Gasteiger partial charge in [-0.25, -0.2) is 4.79 Å². The highest BCUT2D eigenvalue weighted by Gasteiger charge is 2.28. The maximum absolute atomic E-state index is 13.2. The van der Waals surface area contributed by atoms with E-state index in [9.17, 15) is 9.59 Å². The number of anilines is 1. The molecule has 0 radical (unpaired) electrons. The van der Waals surface area contributed by atoms with Crippen molar-refractivity contribution in [3.05, 3.63) is 63.4 Å². The molecule has 1 aromatic heterocycles. The topological polar surface area (TPSA) is 83.7 Å². The molecule has 2 amide bonds. The Morgan fingerprint density at radius 1 is 1.13 bits per heavy atom. The van der Waals surface area contributed by atoms with E-state index in [0.717, 1.165) is 31.1 Å². The van der Waals surface area contributed by atoms with Gasteiger partial charge < -0.3 is 24.7 Å². The van der Waals surface area contributed by atoms with Gasteiger partial charge in [0.25, 0.3) is 5.56 Å². The average molecular weight is 440 g/mol. The highest BCUT2D eigenvalue weighted by Crippen LogP contribution is 2.35. The predicted octanol–water partition coefficient (Wildman–Crippen LogP) is 4.89. The number of amides is 2. The summed E-state index contributed by atoms with van der Waals surface area (Å²) in [7, 11) is 0. The number of carbonyl (C=O) groups excluding carboxylic acids is 1. The molecule has 1 fully saturated rings. The number of pyridine rings is 1. The van der Waals surface area contributed by atoms with Crippen molar-refractivity contribution in [2.75, 3.05) is 12.1 Å². The van der Waals surface area contributed by atoms with Gasteiger partial charge in [0.05, 0.1) is 22.8 Å². The first kappa shape index (κ1) is 19.8. The number of aromatic amines is 1. The molecule has 5 rings (SSSR count). The molecule has 1 aliphatic heterocycles. The standard InChI is InChI=1S/C23H22ClN3O4/c24-17-7-3-4-8-18(17)26-23(29)27(16-5-1-2-6-16)12-15-9-14-10-20-21(31-13-30-20)11-19(14)25-22(15)28/h3-4,7-11,16H,1-2,5-6,12-13H2,(H,25,28)(H,26,29). The summed E-state index contributed by atoms with van der Waals surface area (Å²) in [5.41, 5.74) is 1.52. The number of nitrogens with zero attached hydrogens (tertiary/aromatic N) is 1. The fraction of sp³-hybridized carbons (Fsp3) is 0.304. The number of para-hydroxylation sites is 1. The summed E-state index contributed by atoms with van der Waals surface area (Å²) in [6.07, 6.45) is 3.97. The van der Waals surface area contributed by atoms with E-state index in [4.69, 9.17) is 21.1 Å². The van der Waals surface area contributed by atoms with Crippen LogP contribution < -0.4 is 20.3 Å². The van der Waals surface area contributed by atoms with Gasteiger partial charge in [0.15, 0.2) is 11.5 Å². The lowest BCUT2D eigenvalue weighted by Gasteiger charge is -2.29. The highest BCUT2D eigenvalue weighted by molar-refractivity contribution is 6.33. The third-order valence-corrected chi connectivity index (χ3v) is 6.23. The first-order chi connectivity index (χ1) is 15.1. The van der Waals surface area contributed by atoms with Gasteiger partial charge in [-0.3, -0.25) is 4.79 Å². The number of urea groups is 1. The Morgan fingerprint density at radius 3 is 2.65 bits per heavy atom. The second kappa shape index (κ2) is 8.15. The van der Waals surface area contributed by atoms with Gasteiger partial charge in [-0.2, -0.15) is 0 Å². The molecule has 2 heterocycles. The van der Waals surface area contributed by atoms with Crippen molar-refractivity contribution in [3.63, 3.8) is 0 Å². The molecular formula is C23H22ClN3O4. The van der Waals surface area contributed by atoms with E-state index >= 15 is 0 Å². The monoisotopic (exact) mass is 439 g/mol. The van der Waals surface area contributed by atoms with Gasteiger partial charge in [0, 0.05) is 23.1 Å². The zero-order valence-corrected chi connectivity index (χ0v) is 17.6. The summed E-state index contributed by atoms with van der Waals surface area (Å²) < 4.78 is 10.8. The maximum Gasteiger partial charge on any atom is 0.322 e. The molecular weight excluding hydrogens is 418 g/mol. The summed E-state index contributed by atoms with van der Waals surface area (Å²) >= 11 is 6.22. The molecule has 8 heteroatoms. The Labute approximate surface area is 183 Å². The van der Waals surface area contributed by atoms with Gasteiger partial charge in [0.1, 0.15) is 0 Å². The first-order valence-corrected chi connectivity index (χ1v) is 10.7. The molecule has 0 bridgehead atoms. The number of halogens is 1. The van der Waals surface area contributed by atoms with Gasteiger partial charge in [-0.15, -0.1) is 0 Å². The van der Waals surface area contributed by atoms with E-state index in [-0.39, 0.29) is 31.0 Å². The second-order valence-electron chi connectivity index (χ2n) is 7.89. The molecule has 0 unspecified atom stereocenters. The summed E-state index contributed by atoms with van der Waals surface area (Å²) in [6.45, 7) is 0.376. The molecule has 0 saturated heterocycles. The Bertz CT molecular complexity index is 1200. The number of H-pyrrole nitrogens is 1. The van der Waals surface area contributed by atoms with E-state index in [2.05, 4.69) is 10.3 Å². The minimum absolute atomic E-state index is 0.0781. The SMILES string of the molecule is O=C(Nc1ccccc1Cl)N(Cc1cc2cc3c(cc2[nH]c1=O)OCO3)C1CCCC1. The molecule has 2 aliphatic rings. The lowest BCUT2D eigenvalue weighted by atomic mass is 10.1. The lowest BCUT2D eigenvalue weighted by Crippen LogP contribution is -2.42.